The molecular weight excluding hydrogens is 317 g/mol. The molecule has 0 saturated carbocycles. The van der Waals surface area contributed by atoms with Crippen LogP contribution >= 0.6 is 0 Å². The summed E-state index contributed by atoms with van der Waals surface area (Å²) in [6.45, 7) is 1.70. The van der Waals surface area contributed by atoms with Gasteiger partial charge in [-0.3, -0.25) is 9.69 Å². The van der Waals surface area contributed by atoms with Crippen molar-refractivity contribution in [2.45, 2.75) is 18.1 Å². The Kier molecular flexibility index (Phi) is 3.22. The number of halogens is 3. The van der Waals surface area contributed by atoms with Crippen LogP contribution in [0.3, 0.4) is 0 Å². The molecule has 1 fully saturated rings. The molecule has 1 saturated heterocycles. The highest BCUT2D eigenvalue weighted by Gasteiger charge is 2.54. The third-order valence-electron chi connectivity index (χ3n) is 4.80. The van der Waals surface area contributed by atoms with Gasteiger partial charge in [0.2, 0.25) is 5.91 Å². The predicted octanol–water partition coefficient (Wildman–Crippen LogP) is 3.41. The summed E-state index contributed by atoms with van der Waals surface area (Å²) in [5.74, 6) is 0.00682. The van der Waals surface area contributed by atoms with Gasteiger partial charge in [0.15, 0.2) is 0 Å². The molecule has 1 amide bonds. The maximum atomic E-state index is 12.6. The second kappa shape index (κ2) is 5.08. The van der Waals surface area contributed by atoms with E-state index in [4.69, 9.17) is 0 Å². The third-order valence-corrected chi connectivity index (χ3v) is 4.80. The second-order valence-electron chi connectivity index (χ2n) is 6.42. The molecule has 1 spiro atoms. The zero-order valence-corrected chi connectivity index (χ0v) is 12.7. The molecule has 2 heterocycles. The molecule has 4 rings (SSSR count). The minimum atomic E-state index is -4.31. The number of hydrogen-bond acceptors (Lipinski definition) is 2. The maximum Gasteiger partial charge on any atom is 0.416 e. The van der Waals surface area contributed by atoms with Crippen molar-refractivity contribution in [1.82, 2.24) is 4.90 Å². The number of benzene rings is 2. The van der Waals surface area contributed by atoms with Gasteiger partial charge in [-0.05, 0) is 29.3 Å². The Balaban J connectivity index is 1.46. The fourth-order valence-corrected chi connectivity index (χ4v) is 3.57. The fourth-order valence-electron chi connectivity index (χ4n) is 3.57. The van der Waals surface area contributed by atoms with E-state index in [1.54, 1.807) is 0 Å². The minimum absolute atomic E-state index is 0.00682. The average Bonchev–Trinajstić information content (AvgIpc) is 2.79. The molecule has 6 heteroatoms. The molecule has 0 aliphatic carbocycles. The minimum Gasteiger partial charge on any atom is -0.325 e. The van der Waals surface area contributed by atoms with E-state index in [1.165, 1.54) is 12.1 Å². The molecule has 0 atom stereocenters. The van der Waals surface area contributed by atoms with E-state index in [1.807, 2.05) is 24.3 Å². The van der Waals surface area contributed by atoms with E-state index >= 15 is 0 Å². The SMILES string of the molecule is O=C1Nc2ccccc2C12CN(Cc1ccc(C(F)(F)F)cc1)C2. The third kappa shape index (κ3) is 2.29. The Morgan fingerprint density at radius 3 is 2.38 bits per heavy atom. The molecule has 0 unspecified atom stereocenters. The molecule has 2 aliphatic rings. The topological polar surface area (TPSA) is 32.3 Å². The van der Waals surface area contributed by atoms with Gasteiger partial charge >= 0.3 is 6.18 Å². The Morgan fingerprint density at radius 1 is 1.04 bits per heavy atom. The lowest BCUT2D eigenvalue weighted by molar-refractivity contribution is -0.137. The summed E-state index contributed by atoms with van der Waals surface area (Å²) >= 11 is 0. The molecule has 0 aromatic heterocycles. The molecule has 0 bridgehead atoms. The molecule has 2 aliphatic heterocycles. The molecule has 2 aromatic carbocycles. The number of amides is 1. The van der Waals surface area contributed by atoms with E-state index in [2.05, 4.69) is 10.2 Å². The second-order valence-corrected chi connectivity index (χ2v) is 6.42. The van der Waals surface area contributed by atoms with Crippen LogP contribution in [0.15, 0.2) is 48.5 Å². The Labute approximate surface area is 137 Å². The lowest BCUT2D eigenvalue weighted by Gasteiger charge is -2.46. The van der Waals surface area contributed by atoms with Crippen molar-refractivity contribution in [3.63, 3.8) is 0 Å². The van der Waals surface area contributed by atoms with Crippen LogP contribution < -0.4 is 5.32 Å². The van der Waals surface area contributed by atoms with Crippen LogP contribution in [0, 0.1) is 0 Å². The van der Waals surface area contributed by atoms with Gasteiger partial charge in [-0.1, -0.05) is 30.3 Å². The Bertz CT molecular complexity index is 793. The van der Waals surface area contributed by atoms with Crippen molar-refractivity contribution in [2.75, 3.05) is 18.4 Å². The monoisotopic (exact) mass is 332 g/mol. The number of para-hydroxylation sites is 1. The number of nitrogens with zero attached hydrogens (tertiary/aromatic N) is 1. The number of anilines is 1. The van der Waals surface area contributed by atoms with Crippen LogP contribution in [0.4, 0.5) is 18.9 Å². The smallest absolute Gasteiger partial charge is 0.325 e. The highest BCUT2D eigenvalue weighted by molar-refractivity contribution is 6.07. The lowest BCUT2D eigenvalue weighted by atomic mass is 9.74. The molecule has 2 aromatic rings. The molecule has 24 heavy (non-hydrogen) atoms. The van der Waals surface area contributed by atoms with Gasteiger partial charge in [0, 0.05) is 25.3 Å². The van der Waals surface area contributed by atoms with Crippen molar-refractivity contribution in [3.05, 3.63) is 65.2 Å². The normalized spacial score (nSPS) is 19.0. The van der Waals surface area contributed by atoms with Crippen molar-refractivity contribution in [3.8, 4) is 0 Å². The van der Waals surface area contributed by atoms with E-state index in [-0.39, 0.29) is 5.91 Å². The lowest BCUT2D eigenvalue weighted by Crippen LogP contribution is -2.62. The first kappa shape index (κ1) is 15.2. The van der Waals surface area contributed by atoms with Gasteiger partial charge in [-0.25, -0.2) is 0 Å². The summed E-state index contributed by atoms with van der Waals surface area (Å²) in [4.78, 5) is 14.4. The summed E-state index contributed by atoms with van der Waals surface area (Å²) in [7, 11) is 0. The van der Waals surface area contributed by atoms with Crippen molar-refractivity contribution >= 4 is 11.6 Å². The maximum absolute atomic E-state index is 12.6. The predicted molar refractivity (Wildman–Crippen MR) is 83.5 cm³/mol. The number of rotatable bonds is 2. The zero-order chi connectivity index (χ0) is 16.9. The molecule has 0 radical (unpaired) electrons. The van der Waals surface area contributed by atoms with E-state index in [0.29, 0.717) is 19.6 Å². The number of likely N-dealkylation sites (tertiary alicyclic amines) is 1. The van der Waals surface area contributed by atoms with Crippen LogP contribution in [0.5, 0.6) is 0 Å². The van der Waals surface area contributed by atoms with E-state index in [0.717, 1.165) is 28.9 Å². The number of alkyl halides is 3. The summed E-state index contributed by atoms with van der Waals surface area (Å²) in [6, 6.07) is 12.8. The molecule has 1 N–H and O–H groups in total. The Hall–Kier alpha value is -2.34. The standard InChI is InChI=1S/C18H15F3N2O/c19-18(20,21)13-7-5-12(6-8-13)9-23-10-17(11-23)14-3-1-2-4-15(14)22-16(17)24/h1-8H,9-11H2,(H,22,24). The van der Waals surface area contributed by atoms with Crippen LogP contribution in [0.2, 0.25) is 0 Å². The Morgan fingerprint density at radius 2 is 1.71 bits per heavy atom. The van der Waals surface area contributed by atoms with Gasteiger partial charge in [-0.15, -0.1) is 0 Å². The van der Waals surface area contributed by atoms with Crippen molar-refractivity contribution in [2.24, 2.45) is 0 Å². The van der Waals surface area contributed by atoms with Gasteiger partial charge in [-0.2, -0.15) is 13.2 Å². The fraction of sp³-hybridized carbons (Fsp3) is 0.278. The van der Waals surface area contributed by atoms with Crippen LogP contribution in [-0.4, -0.2) is 23.9 Å². The first-order valence-corrected chi connectivity index (χ1v) is 7.68. The number of hydrogen-bond donors (Lipinski definition) is 1. The highest BCUT2D eigenvalue weighted by Crippen LogP contribution is 2.44. The van der Waals surface area contributed by atoms with E-state index in [9.17, 15) is 18.0 Å². The summed E-state index contributed by atoms with van der Waals surface area (Å²) in [5, 5.41) is 2.91. The number of fused-ring (bicyclic) bond motifs is 2. The van der Waals surface area contributed by atoms with Crippen LogP contribution in [0.25, 0.3) is 0 Å². The quantitative estimate of drug-likeness (QED) is 0.914. The van der Waals surface area contributed by atoms with Gasteiger partial charge in [0.1, 0.15) is 5.41 Å². The summed E-state index contributed by atoms with van der Waals surface area (Å²) in [5.41, 5.74) is 1.53. The van der Waals surface area contributed by atoms with Crippen LogP contribution in [-0.2, 0) is 22.9 Å². The first-order valence-electron chi connectivity index (χ1n) is 7.68. The number of carbonyl (C=O) groups is 1. The van der Waals surface area contributed by atoms with Crippen molar-refractivity contribution < 1.29 is 18.0 Å². The zero-order valence-electron chi connectivity index (χ0n) is 12.7. The van der Waals surface area contributed by atoms with Gasteiger partial charge < -0.3 is 5.32 Å². The largest absolute Gasteiger partial charge is 0.416 e. The highest BCUT2D eigenvalue weighted by atomic mass is 19.4. The average molecular weight is 332 g/mol. The van der Waals surface area contributed by atoms with Crippen molar-refractivity contribution in [1.29, 1.82) is 0 Å². The van der Waals surface area contributed by atoms with E-state index < -0.39 is 17.2 Å². The van der Waals surface area contributed by atoms with Gasteiger partial charge in [0.25, 0.3) is 0 Å². The molecule has 3 nitrogen and oxygen atoms in total. The molecule has 124 valence electrons. The van der Waals surface area contributed by atoms with Gasteiger partial charge in [0.05, 0.1) is 5.56 Å². The molecular formula is C18H15F3N2O. The number of carbonyl (C=O) groups excluding carboxylic acids is 1. The van der Waals surface area contributed by atoms with Crippen LogP contribution in [0.1, 0.15) is 16.7 Å². The first-order chi connectivity index (χ1) is 11.4. The number of nitrogens with one attached hydrogen (secondary N) is 1. The summed E-state index contributed by atoms with van der Waals surface area (Å²) < 4.78 is 37.8. The summed E-state index contributed by atoms with van der Waals surface area (Å²) in [6.07, 6.45) is -4.31.